The van der Waals surface area contributed by atoms with Crippen molar-refractivity contribution in [2.75, 3.05) is 0 Å². The number of benzene rings is 1. The summed E-state index contributed by atoms with van der Waals surface area (Å²) in [4.78, 5) is 14.4. The lowest BCUT2D eigenvalue weighted by molar-refractivity contribution is -0.118. The van der Waals surface area contributed by atoms with Crippen LogP contribution in [-0.2, 0) is 4.79 Å². The van der Waals surface area contributed by atoms with Gasteiger partial charge < -0.3 is 10.1 Å². The standard InChI is InChI=1S/C15H19N3O2/c1-2-3-4-5-10-13(19)17-18-14-11-8-6-7-9-12(11)16-15(14)20/h6-9,16,20H,2-5,10H2,1H3. The molecule has 5 nitrogen and oxygen atoms in total. The molecule has 106 valence electrons. The summed E-state index contributed by atoms with van der Waals surface area (Å²) >= 11 is 0. The third-order valence-electron chi connectivity index (χ3n) is 3.17. The van der Waals surface area contributed by atoms with Crippen molar-refractivity contribution in [3.05, 3.63) is 24.3 Å². The van der Waals surface area contributed by atoms with Crippen LogP contribution in [0.4, 0.5) is 5.69 Å². The maximum atomic E-state index is 11.6. The van der Waals surface area contributed by atoms with Gasteiger partial charge in [0.05, 0.1) is 5.52 Å². The fraction of sp³-hybridized carbons (Fsp3) is 0.400. The summed E-state index contributed by atoms with van der Waals surface area (Å²) in [5, 5.41) is 18.1. The van der Waals surface area contributed by atoms with Gasteiger partial charge in [0.2, 0.25) is 5.88 Å². The molecule has 5 heteroatoms. The minimum atomic E-state index is -0.245. The highest BCUT2D eigenvalue weighted by Gasteiger charge is 2.10. The molecule has 1 aromatic carbocycles. The molecule has 0 fully saturated rings. The first-order valence-electron chi connectivity index (χ1n) is 6.96. The Morgan fingerprint density at radius 1 is 1.25 bits per heavy atom. The molecule has 1 aromatic heterocycles. The van der Waals surface area contributed by atoms with Crippen molar-refractivity contribution >= 4 is 22.5 Å². The number of H-pyrrole nitrogens is 1. The van der Waals surface area contributed by atoms with Crippen molar-refractivity contribution in [1.82, 2.24) is 4.98 Å². The highest BCUT2D eigenvalue weighted by Crippen LogP contribution is 2.35. The van der Waals surface area contributed by atoms with Gasteiger partial charge in [0.25, 0.3) is 5.91 Å². The second kappa shape index (κ2) is 6.84. The lowest BCUT2D eigenvalue weighted by Gasteiger charge is -1.95. The highest BCUT2D eigenvalue weighted by molar-refractivity contribution is 5.94. The molecule has 2 aromatic rings. The number of nitrogens with zero attached hydrogens (tertiary/aromatic N) is 2. The molecule has 1 heterocycles. The minimum Gasteiger partial charge on any atom is -0.493 e. The van der Waals surface area contributed by atoms with Crippen molar-refractivity contribution in [1.29, 1.82) is 0 Å². The van der Waals surface area contributed by atoms with Gasteiger partial charge in [-0.1, -0.05) is 44.4 Å². The van der Waals surface area contributed by atoms with Gasteiger partial charge in [0.15, 0.2) is 5.69 Å². The molecule has 0 aliphatic heterocycles. The summed E-state index contributed by atoms with van der Waals surface area (Å²) in [5.74, 6) is -0.306. The number of unbranched alkanes of at least 4 members (excludes halogenated alkanes) is 3. The summed E-state index contributed by atoms with van der Waals surface area (Å²) in [6.07, 6.45) is 4.56. The first kappa shape index (κ1) is 14.2. The van der Waals surface area contributed by atoms with Crippen molar-refractivity contribution in [2.24, 2.45) is 10.2 Å². The normalized spacial score (nSPS) is 11.4. The molecule has 0 unspecified atom stereocenters. The molecule has 20 heavy (non-hydrogen) atoms. The average Bonchev–Trinajstić information content (AvgIpc) is 2.77. The Hall–Kier alpha value is -2.17. The quantitative estimate of drug-likeness (QED) is 0.602. The Morgan fingerprint density at radius 2 is 2.05 bits per heavy atom. The Labute approximate surface area is 117 Å². The van der Waals surface area contributed by atoms with Crippen molar-refractivity contribution in [3.8, 4) is 5.88 Å². The topological polar surface area (TPSA) is 77.8 Å². The number of fused-ring (bicyclic) bond motifs is 1. The van der Waals surface area contributed by atoms with Gasteiger partial charge >= 0.3 is 0 Å². The summed E-state index contributed by atoms with van der Waals surface area (Å²) in [6, 6.07) is 7.37. The maximum Gasteiger partial charge on any atom is 0.264 e. The van der Waals surface area contributed by atoms with Gasteiger partial charge in [0, 0.05) is 11.8 Å². The molecule has 0 spiro atoms. The number of azo groups is 1. The minimum absolute atomic E-state index is 0.0614. The summed E-state index contributed by atoms with van der Waals surface area (Å²) in [6.45, 7) is 2.13. The summed E-state index contributed by atoms with van der Waals surface area (Å²) in [5.41, 5.74) is 1.09. The van der Waals surface area contributed by atoms with E-state index < -0.39 is 0 Å². The number of rotatable bonds is 6. The zero-order valence-corrected chi connectivity index (χ0v) is 11.6. The number of nitrogens with one attached hydrogen (secondary N) is 1. The van der Waals surface area contributed by atoms with Crippen LogP contribution in [0.5, 0.6) is 5.88 Å². The van der Waals surface area contributed by atoms with E-state index >= 15 is 0 Å². The number of carbonyl (C=O) groups excluding carboxylic acids is 1. The van der Waals surface area contributed by atoms with Crippen LogP contribution in [-0.4, -0.2) is 16.0 Å². The van der Waals surface area contributed by atoms with Crippen LogP contribution in [0.1, 0.15) is 39.0 Å². The van der Waals surface area contributed by atoms with Crippen molar-refractivity contribution in [2.45, 2.75) is 39.0 Å². The monoisotopic (exact) mass is 273 g/mol. The highest BCUT2D eigenvalue weighted by atomic mass is 16.3. The number of aromatic hydroxyl groups is 1. The molecular formula is C15H19N3O2. The number of aromatic nitrogens is 1. The molecule has 2 N–H and O–H groups in total. The van der Waals surface area contributed by atoms with Gasteiger partial charge in [-0.25, -0.2) is 0 Å². The third-order valence-corrected chi connectivity index (χ3v) is 3.17. The summed E-state index contributed by atoms with van der Waals surface area (Å²) < 4.78 is 0. The maximum absolute atomic E-state index is 11.6. The van der Waals surface area contributed by atoms with E-state index in [4.69, 9.17) is 0 Å². The number of amides is 1. The lowest BCUT2D eigenvalue weighted by Crippen LogP contribution is -1.91. The molecule has 0 atom stereocenters. The largest absolute Gasteiger partial charge is 0.493 e. The van der Waals surface area contributed by atoms with Gasteiger partial charge in [-0.05, 0) is 12.5 Å². The third kappa shape index (κ3) is 3.44. The van der Waals surface area contributed by atoms with E-state index in [1.54, 1.807) is 0 Å². The van der Waals surface area contributed by atoms with E-state index in [2.05, 4.69) is 22.1 Å². The lowest BCUT2D eigenvalue weighted by atomic mass is 10.1. The Balaban J connectivity index is 2.02. The van der Waals surface area contributed by atoms with E-state index in [0.29, 0.717) is 12.1 Å². The zero-order chi connectivity index (χ0) is 14.4. The predicted molar refractivity (Wildman–Crippen MR) is 78.2 cm³/mol. The van der Waals surface area contributed by atoms with E-state index in [1.807, 2.05) is 24.3 Å². The molecule has 0 aliphatic carbocycles. The number of aromatic amines is 1. The zero-order valence-electron chi connectivity index (χ0n) is 11.6. The SMILES string of the molecule is CCCCCCC(=O)N=Nc1c(O)[nH]c2ccccc12. The number of para-hydroxylation sites is 1. The molecule has 0 radical (unpaired) electrons. The van der Waals surface area contributed by atoms with Crippen LogP contribution < -0.4 is 0 Å². The number of hydrogen-bond acceptors (Lipinski definition) is 3. The fourth-order valence-corrected chi connectivity index (χ4v) is 2.07. The average molecular weight is 273 g/mol. The van der Waals surface area contributed by atoms with Gasteiger partial charge in [-0.2, -0.15) is 0 Å². The van der Waals surface area contributed by atoms with Gasteiger partial charge in [-0.15, -0.1) is 10.2 Å². The van der Waals surface area contributed by atoms with Crippen LogP contribution in [0.2, 0.25) is 0 Å². The second-order valence-corrected chi connectivity index (χ2v) is 4.77. The predicted octanol–water partition coefficient (Wildman–Crippen LogP) is 4.45. The van der Waals surface area contributed by atoms with Gasteiger partial charge in [-0.3, -0.25) is 4.79 Å². The van der Waals surface area contributed by atoms with Crippen LogP contribution in [0, 0.1) is 0 Å². The molecule has 0 saturated carbocycles. The number of carbonyl (C=O) groups is 1. The Bertz CT molecular complexity index is 617. The van der Waals surface area contributed by atoms with Crippen molar-refractivity contribution < 1.29 is 9.90 Å². The van der Waals surface area contributed by atoms with E-state index in [-0.39, 0.29) is 11.8 Å². The molecule has 0 bridgehead atoms. The Kier molecular flexibility index (Phi) is 4.87. The van der Waals surface area contributed by atoms with Gasteiger partial charge in [0.1, 0.15) is 0 Å². The summed E-state index contributed by atoms with van der Waals surface area (Å²) in [7, 11) is 0. The smallest absolute Gasteiger partial charge is 0.264 e. The molecule has 0 aliphatic rings. The van der Waals surface area contributed by atoms with E-state index in [9.17, 15) is 9.90 Å². The van der Waals surface area contributed by atoms with Crippen LogP contribution in [0.3, 0.4) is 0 Å². The fourth-order valence-electron chi connectivity index (χ4n) is 2.07. The molecule has 0 saturated heterocycles. The Morgan fingerprint density at radius 3 is 2.85 bits per heavy atom. The van der Waals surface area contributed by atoms with E-state index in [1.165, 1.54) is 0 Å². The van der Waals surface area contributed by atoms with E-state index in [0.717, 1.165) is 36.6 Å². The molecule has 1 amide bonds. The van der Waals surface area contributed by atoms with Crippen LogP contribution in [0.25, 0.3) is 10.9 Å². The first-order valence-corrected chi connectivity index (χ1v) is 6.96. The number of hydrogen-bond donors (Lipinski definition) is 2. The molecule has 2 rings (SSSR count). The first-order chi connectivity index (χ1) is 9.72. The second-order valence-electron chi connectivity index (χ2n) is 4.77. The molecular weight excluding hydrogens is 254 g/mol. The van der Waals surface area contributed by atoms with Crippen molar-refractivity contribution in [3.63, 3.8) is 0 Å². The van der Waals surface area contributed by atoms with Crippen LogP contribution in [0.15, 0.2) is 34.5 Å². The van der Waals surface area contributed by atoms with Crippen LogP contribution >= 0.6 is 0 Å².